The summed E-state index contributed by atoms with van der Waals surface area (Å²) in [6.07, 6.45) is 0.797. The first-order chi connectivity index (χ1) is 7.85. The van der Waals surface area contributed by atoms with E-state index in [4.69, 9.17) is 5.84 Å². The average molecular weight is 237 g/mol. The Balaban J connectivity index is 2.96. The highest BCUT2D eigenvalue weighted by Crippen LogP contribution is 2.20. The molecule has 0 fully saturated rings. The third-order valence-electron chi connectivity index (χ3n) is 2.33. The number of rotatable bonds is 4. The molecular weight excluding hydrogens is 214 g/mol. The zero-order valence-electron chi connectivity index (χ0n) is 11.4. The second-order valence-electron chi connectivity index (χ2n) is 5.44. The van der Waals surface area contributed by atoms with E-state index in [0.29, 0.717) is 5.82 Å². The molecule has 0 spiro atoms. The van der Waals surface area contributed by atoms with Gasteiger partial charge in [-0.05, 0) is 5.41 Å². The summed E-state index contributed by atoms with van der Waals surface area (Å²) in [6, 6.07) is 1.87. The SMILES string of the molecule is CCc1nc(NN)cc(N(C)CC(C)(C)C)n1. The second-order valence-corrected chi connectivity index (χ2v) is 5.44. The molecule has 0 saturated heterocycles. The lowest BCUT2D eigenvalue weighted by molar-refractivity contribution is 0.417. The van der Waals surface area contributed by atoms with E-state index in [-0.39, 0.29) is 5.41 Å². The summed E-state index contributed by atoms with van der Waals surface area (Å²) in [4.78, 5) is 10.9. The van der Waals surface area contributed by atoms with Crippen molar-refractivity contribution in [3.8, 4) is 0 Å². The van der Waals surface area contributed by atoms with E-state index in [0.717, 1.165) is 24.6 Å². The van der Waals surface area contributed by atoms with Gasteiger partial charge in [0.2, 0.25) is 0 Å². The van der Waals surface area contributed by atoms with Crippen LogP contribution in [0.15, 0.2) is 6.07 Å². The topological polar surface area (TPSA) is 67.1 Å². The van der Waals surface area contributed by atoms with Crippen molar-refractivity contribution >= 4 is 11.6 Å². The average Bonchev–Trinajstić information content (AvgIpc) is 2.26. The van der Waals surface area contributed by atoms with E-state index in [9.17, 15) is 0 Å². The molecule has 0 aliphatic heterocycles. The zero-order chi connectivity index (χ0) is 13.1. The maximum Gasteiger partial charge on any atom is 0.145 e. The predicted molar refractivity (Wildman–Crippen MR) is 71.9 cm³/mol. The lowest BCUT2D eigenvalue weighted by Gasteiger charge is -2.27. The van der Waals surface area contributed by atoms with Crippen LogP contribution in [0, 0.1) is 5.41 Å². The maximum absolute atomic E-state index is 5.41. The molecule has 17 heavy (non-hydrogen) atoms. The van der Waals surface area contributed by atoms with Crippen molar-refractivity contribution in [2.24, 2.45) is 11.3 Å². The van der Waals surface area contributed by atoms with Crippen LogP contribution in [0.1, 0.15) is 33.5 Å². The molecule has 0 radical (unpaired) electrons. The molecule has 1 heterocycles. The van der Waals surface area contributed by atoms with Gasteiger partial charge in [0.25, 0.3) is 0 Å². The van der Waals surface area contributed by atoms with Gasteiger partial charge in [0.15, 0.2) is 0 Å². The lowest BCUT2D eigenvalue weighted by atomic mass is 9.96. The molecule has 5 heteroatoms. The van der Waals surface area contributed by atoms with E-state index in [1.54, 1.807) is 0 Å². The van der Waals surface area contributed by atoms with Gasteiger partial charge in [-0.15, -0.1) is 0 Å². The van der Waals surface area contributed by atoms with Crippen LogP contribution < -0.4 is 16.2 Å². The lowest BCUT2D eigenvalue weighted by Crippen LogP contribution is -2.30. The van der Waals surface area contributed by atoms with Gasteiger partial charge in [-0.3, -0.25) is 0 Å². The van der Waals surface area contributed by atoms with Crippen LogP contribution in [-0.4, -0.2) is 23.6 Å². The highest BCUT2D eigenvalue weighted by Gasteiger charge is 2.15. The van der Waals surface area contributed by atoms with Crippen LogP contribution in [-0.2, 0) is 6.42 Å². The number of nitrogens with two attached hydrogens (primary N) is 1. The first kappa shape index (κ1) is 13.7. The van der Waals surface area contributed by atoms with Crippen molar-refractivity contribution < 1.29 is 0 Å². The quantitative estimate of drug-likeness (QED) is 0.617. The summed E-state index contributed by atoms with van der Waals surface area (Å²) in [5.41, 5.74) is 2.81. The van der Waals surface area contributed by atoms with Crippen LogP contribution >= 0.6 is 0 Å². The predicted octanol–water partition coefficient (Wildman–Crippen LogP) is 1.81. The summed E-state index contributed by atoms with van der Waals surface area (Å²) in [7, 11) is 2.04. The van der Waals surface area contributed by atoms with Crippen molar-refractivity contribution in [1.82, 2.24) is 9.97 Å². The van der Waals surface area contributed by atoms with Gasteiger partial charge in [0.1, 0.15) is 17.5 Å². The Kier molecular flexibility index (Phi) is 4.28. The van der Waals surface area contributed by atoms with E-state index in [1.807, 2.05) is 20.0 Å². The smallest absolute Gasteiger partial charge is 0.145 e. The van der Waals surface area contributed by atoms with Gasteiger partial charge in [-0.1, -0.05) is 27.7 Å². The number of aromatic nitrogens is 2. The Hall–Kier alpha value is -1.36. The summed E-state index contributed by atoms with van der Waals surface area (Å²) in [5.74, 6) is 7.78. The van der Waals surface area contributed by atoms with Crippen LogP contribution in [0.3, 0.4) is 0 Å². The number of nitrogens with zero attached hydrogens (tertiary/aromatic N) is 3. The fraction of sp³-hybridized carbons (Fsp3) is 0.667. The largest absolute Gasteiger partial charge is 0.359 e. The maximum atomic E-state index is 5.41. The molecule has 1 aromatic heterocycles. The number of hydrazine groups is 1. The number of hydrogen-bond donors (Lipinski definition) is 2. The number of anilines is 2. The summed E-state index contributed by atoms with van der Waals surface area (Å²) < 4.78 is 0. The number of hydrogen-bond acceptors (Lipinski definition) is 5. The minimum absolute atomic E-state index is 0.225. The monoisotopic (exact) mass is 237 g/mol. The molecule has 1 rings (SSSR count). The molecule has 0 aromatic carbocycles. The molecule has 0 unspecified atom stereocenters. The number of nitrogen functional groups attached to an aromatic ring is 1. The molecule has 0 saturated carbocycles. The highest BCUT2D eigenvalue weighted by molar-refractivity contribution is 5.48. The van der Waals surface area contributed by atoms with E-state index >= 15 is 0 Å². The fourth-order valence-electron chi connectivity index (χ4n) is 1.70. The standard InChI is InChI=1S/C12H23N5/c1-6-9-14-10(16-13)7-11(15-9)17(5)8-12(2,3)4/h7H,6,8,13H2,1-5H3,(H,14,15,16). The van der Waals surface area contributed by atoms with Crippen molar-refractivity contribution in [1.29, 1.82) is 0 Å². The molecule has 0 atom stereocenters. The third-order valence-corrected chi connectivity index (χ3v) is 2.33. The minimum Gasteiger partial charge on any atom is -0.359 e. The van der Waals surface area contributed by atoms with Crippen LogP contribution in [0.2, 0.25) is 0 Å². The normalized spacial score (nSPS) is 11.4. The fourth-order valence-corrected chi connectivity index (χ4v) is 1.70. The van der Waals surface area contributed by atoms with Crippen molar-refractivity contribution in [2.45, 2.75) is 34.1 Å². The Morgan fingerprint density at radius 3 is 2.47 bits per heavy atom. The zero-order valence-corrected chi connectivity index (χ0v) is 11.4. The van der Waals surface area contributed by atoms with Crippen molar-refractivity contribution in [3.05, 3.63) is 11.9 Å². The molecule has 0 bridgehead atoms. The van der Waals surface area contributed by atoms with Crippen LogP contribution in [0.4, 0.5) is 11.6 Å². The van der Waals surface area contributed by atoms with Gasteiger partial charge in [-0.2, -0.15) is 0 Å². The molecule has 0 amide bonds. The van der Waals surface area contributed by atoms with Gasteiger partial charge in [0, 0.05) is 26.1 Å². The third kappa shape index (κ3) is 4.19. The molecular formula is C12H23N5. The summed E-state index contributed by atoms with van der Waals surface area (Å²) in [5, 5.41) is 0. The number of aryl methyl sites for hydroxylation is 1. The van der Waals surface area contributed by atoms with Crippen molar-refractivity contribution in [3.63, 3.8) is 0 Å². The van der Waals surface area contributed by atoms with Crippen molar-refractivity contribution in [2.75, 3.05) is 23.9 Å². The molecule has 3 N–H and O–H groups in total. The van der Waals surface area contributed by atoms with E-state index in [1.165, 1.54) is 0 Å². The molecule has 0 aliphatic rings. The van der Waals surface area contributed by atoms with Gasteiger partial charge in [-0.25, -0.2) is 15.8 Å². The number of nitrogens with one attached hydrogen (secondary N) is 1. The van der Waals surface area contributed by atoms with Crippen LogP contribution in [0.25, 0.3) is 0 Å². The first-order valence-electron chi connectivity index (χ1n) is 5.91. The Labute approximate surface area is 103 Å². The molecule has 5 nitrogen and oxygen atoms in total. The summed E-state index contributed by atoms with van der Waals surface area (Å²) >= 11 is 0. The minimum atomic E-state index is 0.225. The Morgan fingerprint density at radius 2 is 2.00 bits per heavy atom. The van der Waals surface area contributed by atoms with Gasteiger partial charge >= 0.3 is 0 Å². The summed E-state index contributed by atoms with van der Waals surface area (Å²) in [6.45, 7) is 9.56. The first-order valence-corrected chi connectivity index (χ1v) is 5.91. The van der Waals surface area contributed by atoms with Gasteiger partial charge < -0.3 is 10.3 Å². The van der Waals surface area contributed by atoms with E-state index in [2.05, 4.69) is 41.1 Å². The van der Waals surface area contributed by atoms with Crippen LogP contribution in [0.5, 0.6) is 0 Å². The second kappa shape index (κ2) is 5.31. The Bertz CT molecular complexity index is 347. The van der Waals surface area contributed by atoms with E-state index < -0.39 is 0 Å². The van der Waals surface area contributed by atoms with Gasteiger partial charge in [0.05, 0.1) is 0 Å². The molecule has 0 aliphatic carbocycles. The molecule has 1 aromatic rings. The molecule has 96 valence electrons. The highest BCUT2D eigenvalue weighted by atomic mass is 15.3. The Morgan fingerprint density at radius 1 is 1.35 bits per heavy atom.